The van der Waals surface area contributed by atoms with Gasteiger partial charge in [-0.2, -0.15) is 36.9 Å². The molecule has 0 atom stereocenters. The average molecular weight is 889 g/mol. The number of alkyl halides is 6. The Labute approximate surface area is 379 Å². The summed E-state index contributed by atoms with van der Waals surface area (Å²) in [5, 5.41) is 21.0. The van der Waals surface area contributed by atoms with E-state index >= 15 is 0 Å². The first-order valence-electron chi connectivity index (χ1n) is 20.8. The molecule has 0 radical (unpaired) electrons. The molecule has 0 saturated carbocycles. The lowest BCUT2D eigenvalue weighted by atomic mass is 9.91. The van der Waals surface area contributed by atoms with Crippen molar-refractivity contribution >= 4 is 21.8 Å². The second kappa shape index (κ2) is 16.6. The SMILES string of the molecule is N#Cc1ccc(-c2ccc3c(c2)c2ccccc2n3-c2c(-c3cccc(C(F)(F)F)c3)cc(-c3nc(-c4ccccc4)nc(-c4ccccc4)n3)cc2-c2cccc(C(F)(F)F)c2)c(C#N)c1. The van der Waals surface area contributed by atoms with Gasteiger partial charge in [0.25, 0.3) is 0 Å². The number of rotatable bonds is 7. The quantitative estimate of drug-likeness (QED) is 0.149. The van der Waals surface area contributed by atoms with Crippen molar-refractivity contribution in [2.45, 2.75) is 12.4 Å². The Hall–Kier alpha value is -8.87. The van der Waals surface area contributed by atoms with E-state index in [9.17, 15) is 36.9 Å². The highest BCUT2D eigenvalue weighted by Gasteiger charge is 2.33. The normalized spacial score (nSPS) is 11.7. The van der Waals surface area contributed by atoms with E-state index < -0.39 is 23.5 Å². The highest BCUT2D eigenvalue weighted by molar-refractivity contribution is 6.12. The van der Waals surface area contributed by atoms with Crippen LogP contribution in [0.25, 0.3) is 95.0 Å². The molecule has 0 aliphatic rings. The van der Waals surface area contributed by atoms with Gasteiger partial charge in [0.2, 0.25) is 0 Å². The van der Waals surface area contributed by atoms with Gasteiger partial charge >= 0.3 is 12.4 Å². The maximum atomic E-state index is 14.6. The largest absolute Gasteiger partial charge is 0.416 e. The summed E-state index contributed by atoms with van der Waals surface area (Å²) in [5.74, 6) is 0.730. The summed E-state index contributed by atoms with van der Waals surface area (Å²) in [6.45, 7) is 0. The smallest absolute Gasteiger partial charge is 0.308 e. The fourth-order valence-corrected chi connectivity index (χ4v) is 8.45. The Balaban J connectivity index is 1.34. The fourth-order valence-electron chi connectivity index (χ4n) is 8.45. The number of hydrogen-bond donors (Lipinski definition) is 0. The molecule has 10 rings (SSSR count). The van der Waals surface area contributed by atoms with E-state index in [2.05, 4.69) is 12.1 Å². The van der Waals surface area contributed by atoms with Gasteiger partial charge < -0.3 is 4.57 Å². The Morgan fingerprint density at radius 3 is 1.42 bits per heavy atom. The van der Waals surface area contributed by atoms with E-state index in [1.54, 1.807) is 36.4 Å². The molecule has 6 nitrogen and oxygen atoms in total. The van der Waals surface area contributed by atoms with Crippen LogP contribution in [0.15, 0.2) is 182 Å². The van der Waals surface area contributed by atoms with Crippen molar-refractivity contribution in [2.24, 2.45) is 0 Å². The monoisotopic (exact) mass is 888 g/mol. The van der Waals surface area contributed by atoms with Crippen molar-refractivity contribution in [3.8, 4) is 85.4 Å². The summed E-state index contributed by atoms with van der Waals surface area (Å²) in [4.78, 5) is 14.6. The van der Waals surface area contributed by atoms with Crippen LogP contribution >= 0.6 is 0 Å². The highest BCUT2D eigenvalue weighted by atomic mass is 19.4. The van der Waals surface area contributed by atoms with Crippen LogP contribution in [0.2, 0.25) is 0 Å². The lowest BCUT2D eigenvalue weighted by Gasteiger charge is -2.22. The molecule has 10 aromatic rings. The maximum absolute atomic E-state index is 14.6. The van der Waals surface area contributed by atoms with Crippen LogP contribution in [0.4, 0.5) is 26.3 Å². The molecule has 0 aliphatic carbocycles. The van der Waals surface area contributed by atoms with Crippen molar-refractivity contribution in [2.75, 3.05) is 0 Å². The van der Waals surface area contributed by atoms with E-state index in [-0.39, 0.29) is 39.3 Å². The number of benzene rings is 8. The minimum absolute atomic E-state index is 0.124. The molecule has 2 heterocycles. The van der Waals surface area contributed by atoms with Crippen LogP contribution in [-0.2, 0) is 12.4 Å². The third-order valence-corrected chi connectivity index (χ3v) is 11.5. The first kappa shape index (κ1) is 42.1. The zero-order valence-electron chi connectivity index (χ0n) is 34.8. The van der Waals surface area contributed by atoms with E-state index in [1.165, 1.54) is 30.3 Å². The van der Waals surface area contributed by atoms with E-state index in [0.717, 1.165) is 29.7 Å². The van der Waals surface area contributed by atoms with Crippen LogP contribution in [-0.4, -0.2) is 19.5 Å². The third kappa shape index (κ3) is 7.91. The topological polar surface area (TPSA) is 91.2 Å². The minimum Gasteiger partial charge on any atom is -0.308 e. The van der Waals surface area contributed by atoms with Gasteiger partial charge in [-0.05, 0) is 89.0 Å². The summed E-state index contributed by atoms with van der Waals surface area (Å²) in [5.41, 5.74) is 3.76. The first-order chi connectivity index (χ1) is 32.4. The Bertz CT molecular complexity index is 3500. The van der Waals surface area contributed by atoms with Gasteiger partial charge in [0, 0.05) is 38.6 Å². The summed E-state index contributed by atoms with van der Waals surface area (Å²) in [6.07, 6.45) is -9.48. The number of halogens is 6. The van der Waals surface area contributed by atoms with Crippen LogP contribution < -0.4 is 0 Å². The number of hydrogen-bond acceptors (Lipinski definition) is 5. The predicted octanol–water partition coefficient (Wildman–Crippen LogP) is 14.8. The molecule has 8 aromatic carbocycles. The van der Waals surface area contributed by atoms with E-state index in [0.29, 0.717) is 61.4 Å². The molecule has 0 bridgehead atoms. The Morgan fingerprint density at radius 2 is 0.881 bits per heavy atom. The van der Waals surface area contributed by atoms with E-state index in [1.807, 2.05) is 95.6 Å². The van der Waals surface area contributed by atoms with Gasteiger partial charge in [0.1, 0.15) is 0 Å². The molecule has 0 amide bonds. The zero-order valence-corrected chi connectivity index (χ0v) is 34.8. The number of nitrogens with zero attached hydrogens (tertiary/aromatic N) is 6. The number of para-hydroxylation sites is 1. The van der Waals surface area contributed by atoms with Crippen molar-refractivity contribution in [3.63, 3.8) is 0 Å². The van der Waals surface area contributed by atoms with Gasteiger partial charge in [0.05, 0.1) is 51.1 Å². The number of aromatic nitrogens is 4. The molecular weight excluding hydrogens is 859 g/mol. The first-order valence-corrected chi connectivity index (χ1v) is 20.8. The lowest BCUT2D eigenvalue weighted by molar-refractivity contribution is -0.138. The third-order valence-electron chi connectivity index (χ3n) is 11.5. The van der Waals surface area contributed by atoms with Gasteiger partial charge in [-0.15, -0.1) is 0 Å². The molecule has 12 heteroatoms. The number of fused-ring (bicyclic) bond motifs is 3. The molecule has 0 fully saturated rings. The molecule has 0 unspecified atom stereocenters. The molecule has 0 aliphatic heterocycles. The summed E-state index contributed by atoms with van der Waals surface area (Å²) >= 11 is 0. The Kier molecular flexibility index (Phi) is 10.4. The molecule has 2 aromatic heterocycles. The van der Waals surface area contributed by atoms with Crippen LogP contribution in [0, 0.1) is 22.7 Å². The molecular formula is C55H30F6N6. The van der Waals surface area contributed by atoms with Crippen molar-refractivity contribution < 1.29 is 26.3 Å². The van der Waals surface area contributed by atoms with E-state index in [4.69, 9.17) is 15.0 Å². The molecule has 322 valence electrons. The maximum Gasteiger partial charge on any atom is 0.416 e. The summed E-state index contributed by atoms with van der Waals surface area (Å²) < 4.78 is 89.6. The second-order valence-corrected chi connectivity index (χ2v) is 15.7. The second-order valence-electron chi connectivity index (χ2n) is 15.7. The molecule has 0 spiro atoms. The zero-order chi connectivity index (χ0) is 46.5. The van der Waals surface area contributed by atoms with Crippen molar-refractivity contribution in [1.82, 2.24) is 19.5 Å². The Morgan fingerprint density at radius 1 is 0.388 bits per heavy atom. The molecule has 67 heavy (non-hydrogen) atoms. The van der Waals surface area contributed by atoms with Gasteiger partial charge in [-0.25, -0.2) is 15.0 Å². The van der Waals surface area contributed by atoms with Crippen molar-refractivity contribution in [3.05, 3.63) is 204 Å². The average Bonchev–Trinajstić information content (AvgIpc) is 3.69. The fraction of sp³-hybridized carbons (Fsp3) is 0.0364. The predicted molar refractivity (Wildman–Crippen MR) is 246 cm³/mol. The lowest BCUT2D eigenvalue weighted by Crippen LogP contribution is -2.07. The summed E-state index contributed by atoms with van der Waals surface area (Å²) in [7, 11) is 0. The number of nitriles is 2. The minimum atomic E-state index is -4.74. The van der Waals surface area contributed by atoms with Crippen molar-refractivity contribution in [1.29, 1.82) is 10.5 Å². The highest BCUT2D eigenvalue weighted by Crippen LogP contribution is 2.46. The molecule has 0 saturated heterocycles. The van der Waals surface area contributed by atoms with Gasteiger partial charge in [0.15, 0.2) is 17.5 Å². The molecule has 0 N–H and O–H groups in total. The standard InChI is InChI=1S/C55H30F6N6/c56-54(57,58)41-17-9-15-36(26-41)45-29-39(53-65-51(34-11-3-1-4-12-34)64-52(66-53)35-13-5-2-6-14-35)30-46(37-16-10-18-42(27-37)55(59,60)61)50(45)67-48-20-8-7-19-44(48)47-28-38(22-24-49(47)67)43-23-21-33(31-62)25-40(43)32-63/h1-30H. The van der Waals surface area contributed by atoms with Crippen LogP contribution in [0.1, 0.15) is 22.3 Å². The van der Waals surface area contributed by atoms with Gasteiger partial charge in [-0.3, -0.25) is 0 Å². The summed E-state index contributed by atoms with van der Waals surface area (Å²) in [6, 6.07) is 53.2. The van der Waals surface area contributed by atoms with Gasteiger partial charge in [-0.1, -0.05) is 115 Å². The van der Waals surface area contributed by atoms with Crippen LogP contribution in [0.5, 0.6) is 0 Å². The van der Waals surface area contributed by atoms with Crippen LogP contribution in [0.3, 0.4) is 0 Å².